The number of nitrogens with one attached hydrogen (secondary N) is 1. The number of hydrogen-bond acceptors (Lipinski definition) is 7. The molecule has 0 fully saturated rings. The average Bonchev–Trinajstić information content (AvgIpc) is 3.43. The molecule has 0 bridgehead atoms. The van der Waals surface area contributed by atoms with Gasteiger partial charge in [-0.1, -0.05) is 260 Å². The molecule has 0 saturated carbocycles. The van der Waals surface area contributed by atoms with E-state index in [0.717, 1.165) is 103 Å². The number of likely N-dealkylation sites (N-methyl/N-ethyl adjacent to an activating group) is 1. The molecule has 0 radical (unpaired) electrons. The maximum Gasteiger partial charge on any atom is 0.306 e. The van der Waals surface area contributed by atoms with Crippen molar-refractivity contribution in [1.82, 2.24) is 5.32 Å². The highest BCUT2D eigenvalue weighted by Crippen LogP contribution is 2.38. The zero-order valence-electron chi connectivity index (χ0n) is 53.5. The molecule has 9 nitrogen and oxygen atoms in total. The van der Waals surface area contributed by atoms with Crippen LogP contribution in [0, 0.1) is 0 Å². The van der Waals surface area contributed by atoms with Gasteiger partial charge in [0.25, 0.3) is 7.82 Å². The first-order valence-corrected chi connectivity index (χ1v) is 35.0. The fourth-order valence-corrected chi connectivity index (χ4v) is 10.0. The van der Waals surface area contributed by atoms with Crippen molar-refractivity contribution in [2.24, 2.45) is 0 Å². The summed E-state index contributed by atoms with van der Waals surface area (Å²) in [7, 11) is 1.16. The summed E-state index contributed by atoms with van der Waals surface area (Å²) in [5, 5.41) is 3.03. The lowest BCUT2D eigenvalue weighted by Crippen LogP contribution is -2.47. The van der Waals surface area contributed by atoms with E-state index in [1.54, 1.807) is 0 Å². The molecule has 10 heteroatoms. The summed E-state index contributed by atoms with van der Waals surface area (Å²) in [5.74, 6) is -0.570. The van der Waals surface area contributed by atoms with Crippen molar-refractivity contribution in [3.05, 3.63) is 97.2 Å². The molecule has 0 aliphatic rings. The van der Waals surface area contributed by atoms with Gasteiger partial charge in [-0.05, 0) is 115 Å². The molecule has 0 aliphatic heterocycles. The van der Waals surface area contributed by atoms with Crippen molar-refractivity contribution < 1.29 is 37.3 Å². The van der Waals surface area contributed by atoms with Gasteiger partial charge in [0.05, 0.1) is 33.8 Å². The molecule has 1 N–H and O–H groups in total. The largest absolute Gasteiger partial charge is 0.756 e. The third-order valence-electron chi connectivity index (χ3n) is 14.5. The predicted octanol–water partition coefficient (Wildman–Crippen LogP) is 20.5. The number of carbonyl (C=O) groups excluding carboxylic acids is 2. The first-order valence-electron chi connectivity index (χ1n) is 33.5. The summed E-state index contributed by atoms with van der Waals surface area (Å²) in [6.45, 7) is 6.77. The van der Waals surface area contributed by atoms with E-state index < -0.39 is 26.6 Å². The van der Waals surface area contributed by atoms with E-state index in [0.29, 0.717) is 23.9 Å². The van der Waals surface area contributed by atoms with Crippen LogP contribution in [0.5, 0.6) is 0 Å². The van der Waals surface area contributed by atoms with Crippen LogP contribution in [0.2, 0.25) is 0 Å². The van der Waals surface area contributed by atoms with Crippen LogP contribution in [0.25, 0.3) is 0 Å². The second kappa shape index (κ2) is 60.1. The van der Waals surface area contributed by atoms with Gasteiger partial charge >= 0.3 is 5.97 Å². The van der Waals surface area contributed by atoms with Gasteiger partial charge in [-0.25, -0.2) is 0 Å². The number of unbranched alkanes of at least 4 members (excludes halogenated alkanes) is 30. The molecular formula is C71H127N2O7P. The minimum absolute atomic E-state index is 0.0306. The smallest absolute Gasteiger partial charge is 0.306 e. The van der Waals surface area contributed by atoms with Crippen molar-refractivity contribution in [2.45, 2.75) is 303 Å². The number of rotatable bonds is 60. The molecule has 468 valence electrons. The average molecular weight is 1150 g/mol. The number of nitrogens with zero attached hydrogens (tertiary/aromatic N) is 1. The quantitative estimate of drug-likeness (QED) is 0.0212. The summed E-state index contributed by atoms with van der Waals surface area (Å²) in [6.07, 6.45) is 80.9. The van der Waals surface area contributed by atoms with Crippen LogP contribution in [0.1, 0.15) is 290 Å². The molecule has 3 unspecified atom stereocenters. The Labute approximate surface area is 500 Å². The highest BCUT2D eigenvalue weighted by atomic mass is 31.2. The van der Waals surface area contributed by atoms with E-state index in [-0.39, 0.29) is 24.9 Å². The summed E-state index contributed by atoms with van der Waals surface area (Å²) >= 11 is 0. The Balaban J connectivity index is 5.09. The molecule has 0 aromatic rings. The normalized spacial score (nSPS) is 14.2. The van der Waals surface area contributed by atoms with E-state index >= 15 is 0 Å². The van der Waals surface area contributed by atoms with Gasteiger partial charge in [0.1, 0.15) is 19.3 Å². The zero-order valence-corrected chi connectivity index (χ0v) is 54.4. The number of carbonyl (C=O) groups is 2. The fourth-order valence-electron chi connectivity index (χ4n) is 9.28. The van der Waals surface area contributed by atoms with Gasteiger partial charge in [0.15, 0.2) is 0 Å². The molecule has 81 heavy (non-hydrogen) atoms. The number of allylic oxidation sites excluding steroid dienone is 15. The molecular weight excluding hydrogens is 1020 g/mol. The van der Waals surface area contributed by atoms with Crippen molar-refractivity contribution in [3.8, 4) is 0 Å². The van der Waals surface area contributed by atoms with Gasteiger partial charge in [0.2, 0.25) is 5.91 Å². The maximum atomic E-state index is 13.6. The Morgan fingerprint density at radius 1 is 0.432 bits per heavy atom. The molecule has 0 aliphatic carbocycles. The van der Waals surface area contributed by atoms with Crippen molar-refractivity contribution in [2.75, 3.05) is 40.9 Å². The lowest BCUT2D eigenvalue weighted by atomic mass is 10.0. The second-order valence-corrected chi connectivity index (χ2v) is 25.0. The maximum absolute atomic E-state index is 13.6. The summed E-state index contributed by atoms with van der Waals surface area (Å²) < 4.78 is 30.3. The second-order valence-electron chi connectivity index (χ2n) is 23.6. The van der Waals surface area contributed by atoms with E-state index in [1.807, 2.05) is 33.3 Å². The predicted molar refractivity (Wildman–Crippen MR) is 348 cm³/mol. The van der Waals surface area contributed by atoms with E-state index in [2.05, 4.69) is 111 Å². The van der Waals surface area contributed by atoms with Gasteiger partial charge in [-0.3, -0.25) is 14.2 Å². The number of amides is 1. The Kier molecular flexibility index (Phi) is 57.8. The van der Waals surface area contributed by atoms with Gasteiger partial charge in [0, 0.05) is 12.8 Å². The number of ether oxygens (including phenoxy) is 1. The molecule has 3 atom stereocenters. The summed E-state index contributed by atoms with van der Waals surface area (Å²) in [6, 6.07) is -0.905. The molecule has 0 saturated heterocycles. The summed E-state index contributed by atoms with van der Waals surface area (Å²) in [4.78, 5) is 40.1. The fraction of sp³-hybridized carbons (Fsp3) is 0.746. The number of hydrogen-bond donors (Lipinski definition) is 1. The van der Waals surface area contributed by atoms with Crippen LogP contribution < -0.4 is 10.2 Å². The monoisotopic (exact) mass is 1150 g/mol. The molecule has 0 heterocycles. The minimum Gasteiger partial charge on any atom is -0.756 e. The lowest BCUT2D eigenvalue weighted by molar-refractivity contribution is -0.870. The van der Waals surface area contributed by atoms with Gasteiger partial charge in [-0.2, -0.15) is 0 Å². The topological polar surface area (TPSA) is 114 Å². The van der Waals surface area contributed by atoms with E-state index in [1.165, 1.54) is 148 Å². The third-order valence-corrected chi connectivity index (χ3v) is 15.5. The Morgan fingerprint density at radius 2 is 0.753 bits per heavy atom. The van der Waals surface area contributed by atoms with Crippen LogP contribution in [-0.2, 0) is 27.9 Å². The Bertz CT molecular complexity index is 1710. The molecule has 1 amide bonds. The molecule has 0 rings (SSSR count). The van der Waals surface area contributed by atoms with Crippen LogP contribution >= 0.6 is 7.82 Å². The Morgan fingerprint density at radius 3 is 1.15 bits per heavy atom. The highest BCUT2D eigenvalue weighted by Gasteiger charge is 2.27. The van der Waals surface area contributed by atoms with Crippen LogP contribution in [0.4, 0.5) is 0 Å². The van der Waals surface area contributed by atoms with Crippen molar-refractivity contribution >= 4 is 19.7 Å². The Hall–Kier alpha value is -3.07. The zero-order chi connectivity index (χ0) is 59.3. The van der Waals surface area contributed by atoms with Crippen LogP contribution in [-0.4, -0.2) is 69.4 Å². The van der Waals surface area contributed by atoms with Crippen molar-refractivity contribution in [1.29, 1.82) is 0 Å². The van der Waals surface area contributed by atoms with Crippen LogP contribution in [0.3, 0.4) is 0 Å². The van der Waals surface area contributed by atoms with Crippen LogP contribution in [0.15, 0.2) is 97.2 Å². The number of phosphoric acid groups is 1. The minimum atomic E-state index is -4.71. The first kappa shape index (κ1) is 77.9. The highest BCUT2D eigenvalue weighted by molar-refractivity contribution is 7.45. The van der Waals surface area contributed by atoms with Gasteiger partial charge < -0.3 is 28.5 Å². The standard InChI is InChI=1S/C71H127N2O7P/c1-7-10-13-16-19-22-25-27-29-31-32-33-34-35-36-37-38-39-40-42-43-45-48-51-54-57-60-63-70(74)72-68(67-79-81(76,77)78-66-65-73(4,5)6)69(62-59-56-53-50-47-24-21-18-15-12-9-3)80-71(75)64-61-58-55-52-49-46-44-41-30-28-26-23-20-17-14-11-8-2/h19-20,22-23,27-30,32-33,35-36,44,46,59,62,68-69H,7-18,21,24-26,31,34,37-43,45,47-58,60-61,63-67H2,1-6H3,(H-,72,74,76,77)/b22-19-,23-20-,29-27-,30-28-,33-32-,36-35-,46-44-,62-59-. The van der Waals surface area contributed by atoms with E-state index in [4.69, 9.17) is 13.8 Å². The first-order chi connectivity index (χ1) is 39.4. The lowest BCUT2D eigenvalue weighted by Gasteiger charge is -2.30. The van der Waals surface area contributed by atoms with E-state index in [9.17, 15) is 19.0 Å². The number of esters is 1. The molecule has 0 aromatic carbocycles. The van der Waals surface area contributed by atoms with Gasteiger partial charge in [-0.15, -0.1) is 0 Å². The molecule has 0 spiro atoms. The number of quaternary nitrogens is 1. The van der Waals surface area contributed by atoms with Crippen molar-refractivity contribution in [3.63, 3.8) is 0 Å². The third kappa shape index (κ3) is 61.3. The summed E-state index contributed by atoms with van der Waals surface area (Å²) in [5.41, 5.74) is 0. The molecule has 0 aromatic heterocycles. The SMILES string of the molecule is CCCCC/C=C\C/C=C\C/C=C\C/C=C\CCCCCCCCCCCCCC(=O)NC(COP(=O)([O-])OCC[N+](C)(C)C)C(/C=C\CCCCCCCCCCC)OC(=O)CCCCCC/C=C\C/C=C\C/C=C\CCCCC. The number of phosphoric ester groups is 1.